The summed E-state index contributed by atoms with van der Waals surface area (Å²) in [5, 5.41) is 0. The second-order valence-electron chi connectivity index (χ2n) is 5.32. The lowest BCUT2D eigenvalue weighted by atomic mass is 10.0. The molecule has 2 N–H and O–H groups in total. The summed E-state index contributed by atoms with van der Waals surface area (Å²) in [6, 6.07) is 10.6. The maximum atomic E-state index is 14.0. The standard InChI is InChI=1S/C17H13F2NO5S/c18-11-7-4-8-12(19)13(11)15-14(21)16(17(20)24-15)25-26(22,23)9-10-5-2-1-3-6-10/h1-8,15H,9,20H2/i15D. The van der Waals surface area contributed by atoms with E-state index in [9.17, 15) is 22.0 Å². The Hall–Kier alpha value is -2.94. The van der Waals surface area contributed by atoms with Gasteiger partial charge in [-0.05, 0) is 17.7 Å². The van der Waals surface area contributed by atoms with Crippen molar-refractivity contribution in [1.29, 1.82) is 0 Å². The predicted octanol–water partition coefficient (Wildman–Crippen LogP) is 2.28. The number of carbonyl (C=O) groups excluding carboxylic acids is 1. The molecule has 0 aromatic heterocycles. The van der Waals surface area contributed by atoms with E-state index in [1.165, 1.54) is 12.1 Å². The maximum Gasteiger partial charge on any atom is 0.313 e. The Morgan fingerprint density at radius 3 is 2.35 bits per heavy atom. The number of nitrogens with two attached hydrogens (primary N) is 1. The first kappa shape index (κ1) is 16.5. The number of hydrogen-bond donors (Lipinski definition) is 1. The molecule has 0 spiro atoms. The van der Waals surface area contributed by atoms with Gasteiger partial charge in [0.05, 0.1) is 6.93 Å². The highest BCUT2D eigenvalue weighted by Crippen LogP contribution is 2.35. The van der Waals surface area contributed by atoms with Gasteiger partial charge in [0.25, 0.3) is 0 Å². The maximum absolute atomic E-state index is 14.0. The van der Waals surface area contributed by atoms with Crippen LogP contribution in [0, 0.1) is 11.6 Å². The monoisotopic (exact) mass is 382 g/mol. The molecule has 0 amide bonds. The minimum absolute atomic E-state index is 0.375. The van der Waals surface area contributed by atoms with Gasteiger partial charge in [0.15, 0.2) is 6.08 Å². The summed E-state index contributed by atoms with van der Waals surface area (Å²) in [5.41, 5.74) is 4.82. The molecule has 0 aliphatic carbocycles. The summed E-state index contributed by atoms with van der Waals surface area (Å²) < 4.78 is 70.0. The molecule has 136 valence electrons. The molecule has 0 bridgehead atoms. The van der Waals surface area contributed by atoms with Crippen LogP contribution in [-0.2, 0) is 29.6 Å². The van der Waals surface area contributed by atoms with E-state index in [4.69, 9.17) is 16.0 Å². The number of rotatable bonds is 5. The summed E-state index contributed by atoms with van der Waals surface area (Å²) in [6.07, 6.45) is -2.93. The van der Waals surface area contributed by atoms with Crippen LogP contribution in [-0.4, -0.2) is 14.2 Å². The van der Waals surface area contributed by atoms with Crippen molar-refractivity contribution in [2.45, 2.75) is 11.8 Å². The predicted molar refractivity (Wildman–Crippen MR) is 86.6 cm³/mol. The molecule has 1 atom stereocenters. The largest absolute Gasteiger partial charge is 0.460 e. The molecular weight excluding hydrogens is 368 g/mol. The first-order chi connectivity index (χ1) is 12.6. The Labute approximate surface area is 149 Å². The molecular formula is C17H13F2NO5S. The van der Waals surface area contributed by atoms with Crippen LogP contribution in [0.1, 0.15) is 18.6 Å². The summed E-state index contributed by atoms with van der Waals surface area (Å²) in [4.78, 5) is 12.5. The Kier molecular flexibility index (Phi) is 4.29. The van der Waals surface area contributed by atoms with Gasteiger partial charge in [-0.25, -0.2) is 8.78 Å². The molecule has 9 heteroatoms. The molecule has 0 saturated heterocycles. The zero-order chi connectivity index (χ0) is 19.8. The van der Waals surface area contributed by atoms with E-state index in [1.807, 2.05) is 0 Å². The van der Waals surface area contributed by atoms with Gasteiger partial charge in [-0.2, -0.15) is 8.42 Å². The third-order valence-electron chi connectivity index (χ3n) is 3.43. The number of carbonyl (C=O) groups is 1. The van der Waals surface area contributed by atoms with Gasteiger partial charge in [-0.15, -0.1) is 0 Å². The quantitative estimate of drug-likeness (QED) is 0.797. The number of Topliss-reactive ketones (excluding diaryl/α,β-unsaturated/α-hetero) is 1. The summed E-state index contributed by atoms with van der Waals surface area (Å²) in [6.45, 7) is 0. The topological polar surface area (TPSA) is 95.7 Å². The molecule has 0 fully saturated rings. The van der Waals surface area contributed by atoms with Gasteiger partial charge in [-0.3, -0.25) is 4.79 Å². The van der Waals surface area contributed by atoms with Crippen molar-refractivity contribution >= 4 is 15.9 Å². The molecule has 1 unspecified atom stereocenters. The fraction of sp³-hybridized carbons (Fsp3) is 0.118. The van der Waals surface area contributed by atoms with E-state index in [2.05, 4.69) is 0 Å². The number of ketones is 1. The average Bonchev–Trinajstić information content (AvgIpc) is 2.79. The van der Waals surface area contributed by atoms with Gasteiger partial charge < -0.3 is 14.7 Å². The van der Waals surface area contributed by atoms with Crippen molar-refractivity contribution in [3.63, 3.8) is 0 Å². The second kappa shape index (κ2) is 6.75. The van der Waals surface area contributed by atoms with E-state index in [0.29, 0.717) is 5.56 Å². The van der Waals surface area contributed by atoms with Gasteiger partial charge in [-0.1, -0.05) is 36.4 Å². The molecule has 1 aliphatic rings. The zero-order valence-corrected chi connectivity index (χ0v) is 13.9. The zero-order valence-electron chi connectivity index (χ0n) is 14.1. The van der Waals surface area contributed by atoms with Crippen LogP contribution in [0.15, 0.2) is 60.2 Å². The Morgan fingerprint density at radius 2 is 1.73 bits per heavy atom. The molecule has 6 nitrogen and oxygen atoms in total. The van der Waals surface area contributed by atoms with Crippen LogP contribution < -0.4 is 5.73 Å². The van der Waals surface area contributed by atoms with Crippen LogP contribution in [0.4, 0.5) is 8.78 Å². The highest BCUT2D eigenvalue weighted by molar-refractivity contribution is 7.86. The average molecular weight is 382 g/mol. The number of benzene rings is 2. The van der Waals surface area contributed by atoms with Crippen molar-refractivity contribution < 1.29 is 32.3 Å². The number of halogens is 2. The van der Waals surface area contributed by atoms with Crippen LogP contribution in [0.5, 0.6) is 0 Å². The molecule has 2 aromatic rings. The third kappa shape index (κ3) is 3.52. The van der Waals surface area contributed by atoms with Crippen LogP contribution in [0.3, 0.4) is 0 Å². The first-order valence-corrected chi connectivity index (χ1v) is 8.86. The van der Waals surface area contributed by atoms with Gasteiger partial charge in [0, 0.05) is 0 Å². The van der Waals surface area contributed by atoms with Crippen molar-refractivity contribution in [3.8, 4) is 0 Å². The highest BCUT2D eigenvalue weighted by Gasteiger charge is 2.42. The van der Waals surface area contributed by atoms with E-state index in [0.717, 1.165) is 18.2 Å². The highest BCUT2D eigenvalue weighted by atomic mass is 32.2. The summed E-state index contributed by atoms with van der Waals surface area (Å²) >= 11 is 0. The van der Waals surface area contributed by atoms with Crippen LogP contribution in [0.2, 0.25) is 0 Å². The smallest absolute Gasteiger partial charge is 0.313 e. The SMILES string of the molecule is [2H]C1(c2c(F)cccc2F)OC(N)=C(OS(=O)(=O)Cc2ccccc2)C1=O. The van der Waals surface area contributed by atoms with E-state index in [-0.39, 0.29) is 0 Å². The van der Waals surface area contributed by atoms with Crippen molar-refractivity contribution in [2.75, 3.05) is 0 Å². The Morgan fingerprint density at radius 1 is 1.12 bits per heavy atom. The van der Waals surface area contributed by atoms with Crippen molar-refractivity contribution in [3.05, 3.63) is 82.9 Å². The van der Waals surface area contributed by atoms with Gasteiger partial charge in [0.1, 0.15) is 17.4 Å². The lowest BCUT2D eigenvalue weighted by molar-refractivity contribution is -0.123. The van der Waals surface area contributed by atoms with Gasteiger partial charge >= 0.3 is 10.1 Å². The first-order valence-electron chi connectivity index (χ1n) is 7.78. The minimum atomic E-state index is -4.35. The normalized spacial score (nSPS) is 20.7. The molecule has 0 saturated carbocycles. The Bertz CT molecular complexity index is 1020. The van der Waals surface area contributed by atoms with Gasteiger partial charge in [0.2, 0.25) is 17.4 Å². The lowest BCUT2D eigenvalue weighted by Gasteiger charge is -2.11. The Balaban J connectivity index is 1.90. The molecule has 1 heterocycles. The summed E-state index contributed by atoms with van der Waals surface area (Å²) in [7, 11) is -4.35. The minimum Gasteiger partial charge on any atom is -0.460 e. The van der Waals surface area contributed by atoms with E-state index < -0.39 is 56.6 Å². The third-order valence-corrected chi connectivity index (χ3v) is 4.54. The van der Waals surface area contributed by atoms with Crippen LogP contribution in [0.25, 0.3) is 0 Å². The number of ether oxygens (including phenoxy) is 1. The molecule has 26 heavy (non-hydrogen) atoms. The lowest BCUT2D eigenvalue weighted by Crippen LogP contribution is -2.17. The van der Waals surface area contributed by atoms with E-state index in [1.54, 1.807) is 18.2 Å². The molecule has 2 aromatic carbocycles. The molecule has 1 aliphatic heterocycles. The fourth-order valence-electron chi connectivity index (χ4n) is 2.31. The second-order valence-corrected chi connectivity index (χ2v) is 6.89. The summed E-state index contributed by atoms with van der Waals surface area (Å²) in [5.74, 6) is -6.31. The molecule has 3 rings (SSSR count). The molecule has 0 radical (unpaired) electrons. The van der Waals surface area contributed by atoms with E-state index >= 15 is 0 Å². The number of hydrogen-bond acceptors (Lipinski definition) is 6. The van der Waals surface area contributed by atoms with Crippen molar-refractivity contribution in [2.24, 2.45) is 5.73 Å². The van der Waals surface area contributed by atoms with Crippen LogP contribution >= 0.6 is 0 Å². The van der Waals surface area contributed by atoms with Crippen molar-refractivity contribution in [1.82, 2.24) is 0 Å². The fourth-order valence-corrected chi connectivity index (χ4v) is 3.38.